The molecule has 28 heavy (non-hydrogen) atoms. The molecule has 0 N–H and O–H groups in total. The third-order valence-corrected chi connectivity index (χ3v) is 10.7. The predicted molar refractivity (Wildman–Crippen MR) is 114 cm³/mol. The van der Waals surface area contributed by atoms with Gasteiger partial charge >= 0.3 is 0 Å². The first-order chi connectivity index (χ1) is 13.5. The minimum atomic E-state index is -0.233. The smallest absolute Gasteiger partial charge is 0.174 e. The Bertz CT molecular complexity index is 565. The van der Waals surface area contributed by atoms with Crippen LogP contribution in [0.3, 0.4) is 0 Å². The van der Waals surface area contributed by atoms with Crippen LogP contribution in [0.2, 0.25) is 0 Å². The monoisotopic (exact) mass is 388 g/mol. The van der Waals surface area contributed by atoms with Crippen LogP contribution < -0.4 is 0 Å². The average Bonchev–Trinajstić information content (AvgIpc) is 3.21. The second-order valence-corrected chi connectivity index (χ2v) is 11.7. The molecule has 1 saturated heterocycles. The van der Waals surface area contributed by atoms with E-state index in [0.29, 0.717) is 5.41 Å². The first-order valence-electron chi connectivity index (χ1n) is 12.8. The minimum absolute atomic E-state index is 0.233. The highest BCUT2D eigenvalue weighted by atomic mass is 16.7. The minimum Gasteiger partial charge on any atom is -0.347 e. The lowest BCUT2D eigenvalue weighted by Crippen LogP contribution is -2.57. The molecule has 5 aliphatic rings. The van der Waals surface area contributed by atoms with Crippen LogP contribution in [0.5, 0.6) is 0 Å². The van der Waals surface area contributed by atoms with E-state index in [9.17, 15) is 0 Å². The van der Waals surface area contributed by atoms with Crippen molar-refractivity contribution in [3.05, 3.63) is 0 Å². The van der Waals surface area contributed by atoms with Gasteiger partial charge in [-0.1, -0.05) is 59.3 Å². The molecular weight excluding hydrogens is 344 g/mol. The second kappa shape index (κ2) is 7.26. The molecular formula is C26H44O2. The topological polar surface area (TPSA) is 18.5 Å². The van der Waals surface area contributed by atoms with E-state index in [1.165, 1.54) is 77.0 Å². The van der Waals surface area contributed by atoms with Crippen molar-refractivity contribution in [2.75, 3.05) is 13.2 Å². The van der Waals surface area contributed by atoms with Crippen LogP contribution in [0.1, 0.15) is 104 Å². The zero-order valence-electron chi connectivity index (χ0n) is 18.8. The molecule has 4 saturated carbocycles. The lowest BCUT2D eigenvalue weighted by molar-refractivity contribution is -0.248. The highest BCUT2D eigenvalue weighted by Crippen LogP contribution is 2.70. The van der Waals surface area contributed by atoms with Gasteiger partial charge in [0.25, 0.3) is 0 Å². The molecule has 0 bridgehead atoms. The van der Waals surface area contributed by atoms with Gasteiger partial charge < -0.3 is 9.47 Å². The standard InChI is InChI=1S/C26H44O2/c1-4-5-9-19-18-20-22(24(2)13-8-6-7-10-21(19)24)11-14-25(3)23(20)12-15-26(25)27-16-17-28-26/h19-23H,4-18H2,1-3H3/t19?,20-,21-,22+,23+,24+,25+/m1/s1. The summed E-state index contributed by atoms with van der Waals surface area (Å²) in [5.74, 6) is 4.46. The van der Waals surface area contributed by atoms with Crippen molar-refractivity contribution in [2.45, 2.75) is 110 Å². The van der Waals surface area contributed by atoms with E-state index in [2.05, 4.69) is 20.8 Å². The van der Waals surface area contributed by atoms with E-state index in [4.69, 9.17) is 9.47 Å². The number of hydrogen-bond acceptors (Lipinski definition) is 2. The normalized spacial score (nSPS) is 50.0. The Morgan fingerprint density at radius 3 is 2.39 bits per heavy atom. The van der Waals surface area contributed by atoms with Crippen LogP contribution in [-0.2, 0) is 9.47 Å². The van der Waals surface area contributed by atoms with E-state index in [1.807, 2.05) is 0 Å². The highest BCUT2D eigenvalue weighted by Gasteiger charge is 2.67. The maximum absolute atomic E-state index is 6.37. The average molecular weight is 389 g/mol. The molecule has 2 nitrogen and oxygen atoms in total. The summed E-state index contributed by atoms with van der Waals surface area (Å²) in [4.78, 5) is 0. The number of hydrogen-bond donors (Lipinski definition) is 0. The van der Waals surface area contributed by atoms with Crippen LogP contribution in [-0.4, -0.2) is 19.0 Å². The molecule has 7 atom stereocenters. The summed E-state index contributed by atoms with van der Waals surface area (Å²) < 4.78 is 12.7. The van der Waals surface area contributed by atoms with Crippen LogP contribution in [0.15, 0.2) is 0 Å². The summed E-state index contributed by atoms with van der Waals surface area (Å²) in [5, 5.41) is 0. The van der Waals surface area contributed by atoms with Gasteiger partial charge in [-0.05, 0) is 73.5 Å². The lowest BCUT2D eigenvalue weighted by atomic mass is 9.44. The van der Waals surface area contributed by atoms with E-state index < -0.39 is 0 Å². The summed E-state index contributed by atoms with van der Waals surface area (Å²) >= 11 is 0. The number of unbranched alkanes of at least 4 members (excludes halogenated alkanes) is 1. The number of rotatable bonds is 3. The third-order valence-electron chi connectivity index (χ3n) is 10.7. The molecule has 160 valence electrons. The van der Waals surface area contributed by atoms with Gasteiger partial charge in [-0.2, -0.15) is 0 Å². The Morgan fingerprint density at radius 1 is 0.821 bits per heavy atom. The van der Waals surface area contributed by atoms with E-state index >= 15 is 0 Å². The molecule has 0 amide bonds. The zero-order chi connectivity index (χ0) is 19.4. The van der Waals surface area contributed by atoms with Crippen molar-refractivity contribution in [1.82, 2.24) is 0 Å². The Balaban J connectivity index is 1.48. The summed E-state index contributed by atoms with van der Waals surface area (Å²) in [6.07, 6.45) is 18.5. The fraction of sp³-hybridized carbons (Fsp3) is 1.00. The maximum Gasteiger partial charge on any atom is 0.174 e. The molecule has 0 aromatic carbocycles. The Hall–Kier alpha value is -0.0800. The van der Waals surface area contributed by atoms with Crippen LogP contribution in [0.25, 0.3) is 0 Å². The molecule has 1 aliphatic heterocycles. The number of fused-ring (bicyclic) bond motifs is 6. The van der Waals surface area contributed by atoms with Crippen molar-refractivity contribution < 1.29 is 9.47 Å². The fourth-order valence-electron chi connectivity index (χ4n) is 9.42. The van der Waals surface area contributed by atoms with Gasteiger partial charge in [0, 0.05) is 11.8 Å². The summed E-state index contributed by atoms with van der Waals surface area (Å²) in [7, 11) is 0. The van der Waals surface area contributed by atoms with Crippen LogP contribution >= 0.6 is 0 Å². The summed E-state index contributed by atoms with van der Waals surface area (Å²) in [6.45, 7) is 9.30. The Labute approximate surface area is 173 Å². The molecule has 2 heteroatoms. The third kappa shape index (κ3) is 2.72. The first-order valence-corrected chi connectivity index (χ1v) is 12.8. The highest BCUT2D eigenvalue weighted by molar-refractivity contribution is 5.13. The van der Waals surface area contributed by atoms with Crippen molar-refractivity contribution in [1.29, 1.82) is 0 Å². The Morgan fingerprint density at radius 2 is 1.61 bits per heavy atom. The predicted octanol–water partition coefficient (Wildman–Crippen LogP) is 6.97. The molecule has 0 aromatic rings. The van der Waals surface area contributed by atoms with E-state index in [0.717, 1.165) is 49.2 Å². The van der Waals surface area contributed by atoms with Crippen molar-refractivity contribution in [3.8, 4) is 0 Å². The molecule has 5 fully saturated rings. The molecule has 4 aliphatic carbocycles. The molecule has 1 heterocycles. The quantitative estimate of drug-likeness (QED) is 0.520. The molecule has 1 spiro atoms. The molecule has 0 radical (unpaired) electrons. The molecule has 1 unspecified atom stereocenters. The van der Waals surface area contributed by atoms with Gasteiger partial charge in [-0.15, -0.1) is 0 Å². The zero-order valence-corrected chi connectivity index (χ0v) is 18.8. The second-order valence-electron chi connectivity index (χ2n) is 11.7. The van der Waals surface area contributed by atoms with Gasteiger partial charge in [-0.25, -0.2) is 0 Å². The summed E-state index contributed by atoms with van der Waals surface area (Å²) in [5.41, 5.74) is 0.861. The van der Waals surface area contributed by atoms with Crippen LogP contribution in [0.4, 0.5) is 0 Å². The van der Waals surface area contributed by atoms with Gasteiger partial charge in [-0.3, -0.25) is 0 Å². The van der Waals surface area contributed by atoms with Crippen molar-refractivity contribution in [2.24, 2.45) is 40.4 Å². The van der Waals surface area contributed by atoms with Gasteiger partial charge in [0.15, 0.2) is 5.79 Å². The SMILES string of the molecule is CCCCC1C[C@@H]2[C@H](CC[C@@]3(C)[C@H]2CCC32OCCO2)[C@@]2(C)CCCCC[C@H]12. The fourth-order valence-corrected chi connectivity index (χ4v) is 9.42. The largest absolute Gasteiger partial charge is 0.347 e. The van der Waals surface area contributed by atoms with E-state index in [1.54, 1.807) is 0 Å². The van der Waals surface area contributed by atoms with E-state index in [-0.39, 0.29) is 11.2 Å². The first kappa shape index (κ1) is 19.9. The Kier molecular flexibility index (Phi) is 5.15. The number of ether oxygens (including phenoxy) is 2. The van der Waals surface area contributed by atoms with Gasteiger partial charge in [0.05, 0.1) is 13.2 Å². The van der Waals surface area contributed by atoms with Crippen molar-refractivity contribution >= 4 is 0 Å². The summed E-state index contributed by atoms with van der Waals surface area (Å²) in [6, 6.07) is 0. The van der Waals surface area contributed by atoms with Crippen LogP contribution in [0, 0.1) is 40.4 Å². The van der Waals surface area contributed by atoms with Crippen molar-refractivity contribution in [3.63, 3.8) is 0 Å². The lowest BCUT2D eigenvalue weighted by Gasteiger charge is -2.61. The van der Waals surface area contributed by atoms with Gasteiger partial charge in [0.1, 0.15) is 0 Å². The molecule has 0 aromatic heterocycles. The maximum atomic E-state index is 6.37. The molecule has 5 rings (SSSR count). The van der Waals surface area contributed by atoms with Gasteiger partial charge in [0.2, 0.25) is 0 Å².